The molecule has 0 aliphatic heterocycles. The molecule has 0 aromatic rings. The summed E-state index contributed by atoms with van der Waals surface area (Å²) < 4.78 is 0. The highest BCUT2D eigenvalue weighted by Crippen LogP contribution is 2.26. The van der Waals surface area contributed by atoms with Crippen LogP contribution in [0.5, 0.6) is 0 Å². The average Bonchev–Trinajstić information content (AvgIpc) is 1.91. The summed E-state index contributed by atoms with van der Waals surface area (Å²) in [7, 11) is 0. The molecule has 0 heteroatoms. The maximum Gasteiger partial charge on any atom is -0.0357 e. The second-order valence-electron chi connectivity index (χ2n) is 3.13. The van der Waals surface area contributed by atoms with Gasteiger partial charge in [-0.05, 0) is 31.1 Å². The van der Waals surface area contributed by atoms with Crippen LogP contribution in [0.1, 0.15) is 47.0 Å². The maximum absolute atomic E-state index is 2.44. The predicted octanol–water partition coefficient (Wildman–Crippen LogP) is 3.67. The minimum absolute atomic E-state index is 0.888. The van der Waals surface area contributed by atoms with Crippen LogP contribution in [0.2, 0.25) is 0 Å². The van der Waals surface area contributed by atoms with Crippen molar-refractivity contribution in [2.24, 2.45) is 11.8 Å². The van der Waals surface area contributed by atoms with Crippen LogP contribution >= 0.6 is 0 Å². The lowest BCUT2D eigenvalue weighted by molar-refractivity contribution is 0.365. The lowest BCUT2D eigenvalue weighted by Crippen LogP contribution is -2.10. The number of rotatable bonds is 0. The van der Waals surface area contributed by atoms with Gasteiger partial charge >= 0.3 is 0 Å². The van der Waals surface area contributed by atoms with Crippen LogP contribution in [0.4, 0.5) is 0 Å². The molecule has 1 saturated carbocycles. The van der Waals surface area contributed by atoms with Crippen LogP contribution in [0.15, 0.2) is 0 Å². The zero-order valence-corrected chi connectivity index (χ0v) is 7.85. The minimum atomic E-state index is 0.888. The topological polar surface area (TPSA) is 0 Å². The van der Waals surface area contributed by atoms with Crippen molar-refractivity contribution in [1.29, 1.82) is 0 Å². The monoisotopic (exact) mass is 141 g/mol. The fourth-order valence-corrected chi connectivity index (χ4v) is 1.51. The molecule has 0 bridgehead atoms. The quantitative estimate of drug-likeness (QED) is 0.483. The van der Waals surface area contributed by atoms with Gasteiger partial charge < -0.3 is 0 Å². The van der Waals surface area contributed by atoms with E-state index in [1.165, 1.54) is 19.3 Å². The van der Waals surface area contributed by atoms with Crippen molar-refractivity contribution in [1.82, 2.24) is 0 Å². The molecule has 1 rings (SSSR count). The van der Waals surface area contributed by atoms with E-state index in [1.54, 1.807) is 0 Å². The summed E-state index contributed by atoms with van der Waals surface area (Å²) in [6.07, 6.45) is 6.63. The molecular weight excluding hydrogens is 120 g/mol. The predicted molar refractivity (Wildman–Crippen MR) is 47.8 cm³/mol. The lowest BCUT2D eigenvalue weighted by Gasteiger charge is -2.22. The normalized spacial score (nSPS) is 32.4. The van der Waals surface area contributed by atoms with E-state index in [4.69, 9.17) is 0 Å². The Balaban J connectivity index is 0.000000371. The van der Waals surface area contributed by atoms with Gasteiger partial charge in [0.1, 0.15) is 0 Å². The first-order valence-corrected chi connectivity index (χ1v) is 4.62. The molecule has 0 spiro atoms. The molecule has 0 N–H and O–H groups in total. The molecule has 1 aliphatic carbocycles. The van der Waals surface area contributed by atoms with Crippen molar-refractivity contribution in [3.05, 3.63) is 6.42 Å². The largest absolute Gasteiger partial charge is 0.0683 e. The van der Waals surface area contributed by atoms with E-state index in [9.17, 15) is 0 Å². The highest BCUT2D eigenvalue weighted by atomic mass is 14.2. The van der Waals surface area contributed by atoms with Crippen molar-refractivity contribution in [3.8, 4) is 0 Å². The van der Waals surface area contributed by atoms with Crippen molar-refractivity contribution >= 4 is 0 Å². The molecule has 0 heterocycles. The molecule has 0 saturated heterocycles. The van der Waals surface area contributed by atoms with Crippen LogP contribution in [0.25, 0.3) is 0 Å². The molecule has 1 aliphatic rings. The van der Waals surface area contributed by atoms with E-state index in [2.05, 4.69) is 20.3 Å². The van der Waals surface area contributed by atoms with Gasteiger partial charge in [-0.1, -0.05) is 34.1 Å². The van der Waals surface area contributed by atoms with Gasteiger partial charge in [-0.15, -0.1) is 0 Å². The summed E-state index contributed by atoms with van der Waals surface area (Å²) in [5, 5.41) is 0. The number of hydrogen-bond acceptors (Lipinski definition) is 0. The summed E-state index contributed by atoms with van der Waals surface area (Å²) in [5.74, 6) is 1.87. The van der Waals surface area contributed by atoms with E-state index in [1.807, 2.05) is 13.8 Å². The fraction of sp³-hybridized carbons (Fsp3) is 0.900. The third-order valence-electron chi connectivity index (χ3n) is 2.00. The average molecular weight is 141 g/mol. The van der Waals surface area contributed by atoms with Gasteiger partial charge in [0.15, 0.2) is 0 Å². The SMILES string of the molecule is CC.CC1[CH]CCC(C)C1. The highest BCUT2D eigenvalue weighted by molar-refractivity contribution is 4.80. The Morgan fingerprint density at radius 3 is 2.10 bits per heavy atom. The van der Waals surface area contributed by atoms with Gasteiger partial charge in [-0.25, -0.2) is 0 Å². The highest BCUT2D eigenvalue weighted by Gasteiger charge is 2.13. The van der Waals surface area contributed by atoms with Crippen molar-refractivity contribution in [2.75, 3.05) is 0 Å². The number of hydrogen-bond donors (Lipinski definition) is 0. The van der Waals surface area contributed by atoms with E-state index >= 15 is 0 Å². The first kappa shape index (κ1) is 10.0. The van der Waals surface area contributed by atoms with Crippen LogP contribution in [0, 0.1) is 18.3 Å². The Labute approximate surface area is 66.0 Å². The Morgan fingerprint density at radius 2 is 1.80 bits per heavy atom. The van der Waals surface area contributed by atoms with Gasteiger partial charge in [0, 0.05) is 0 Å². The molecule has 0 amide bonds. The molecule has 1 radical (unpaired) electrons. The van der Waals surface area contributed by atoms with Gasteiger partial charge in [0.05, 0.1) is 0 Å². The Kier molecular flexibility index (Phi) is 5.76. The van der Waals surface area contributed by atoms with E-state index < -0.39 is 0 Å². The molecule has 0 aromatic carbocycles. The van der Waals surface area contributed by atoms with Gasteiger partial charge in [0.25, 0.3) is 0 Å². The third-order valence-corrected chi connectivity index (χ3v) is 2.00. The standard InChI is InChI=1S/C8H15.C2H6/c1-7-4-3-5-8(2)6-7;1-2/h4,7-8H,3,5-6H2,1-2H3;1-2H3. The smallest absolute Gasteiger partial charge is 0.0357 e. The van der Waals surface area contributed by atoms with Crippen LogP contribution < -0.4 is 0 Å². The summed E-state index contributed by atoms with van der Waals surface area (Å²) in [5.41, 5.74) is 0. The van der Waals surface area contributed by atoms with E-state index in [0.717, 1.165) is 11.8 Å². The zero-order valence-electron chi connectivity index (χ0n) is 7.85. The second-order valence-corrected chi connectivity index (χ2v) is 3.13. The van der Waals surface area contributed by atoms with Gasteiger partial charge in [-0.3, -0.25) is 0 Å². The van der Waals surface area contributed by atoms with Crippen molar-refractivity contribution < 1.29 is 0 Å². The molecule has 1 fully saturated rings. The molecule has 10 heavy (non-hydrogen) atoms. The Morgan fingerprint density at radius 1 is 1.20 bits per heavy atom. The maximum atomic E-state index is 2.44. The fourth-order valence-electron chi connectivity index (χ4n) is 1.51. The second kappa shape index (κ2) is 5.76. The summed E-state index contributed by atoms with van der Waals surface area (Å²) >= 11 is 0. The summed E-state index contributed by atoms with van der Waals surface area (Å²) in [6.45, 7) is 8.67. The third kappa shape index (κ3) is 3.92. The molecule has 61 valence electrons. The van der Waals surface area contributed by atoms with Crippen molar-refractivity contribution in [3.63, 3.8) is 0 Å². The summed E-state index contributed by atoms with van der Waals surface area (Å²) in [4.78, 5) is 0. The van der Waals surface area contributed by atoms with Crippen molar-refractivity contribution in [2.45, 2.75) is 47.0 Å². The molecular formula is C10H21. The Bertz CT molecular complexity index is 58.4. The van der Waals surface area contributed by atoms with Crippen LogP contribution in [-0.2, 0) is 0 Å². The van der Waals surface area contributed by atoms with E-state index in [0.29, 0.717) is 0 Å². The molecule has 0 nitrogen and oxygen atoms in total. The lowest BCUT2D eigenvalue weighted by atomic mass is 9.84. The molecule has 2 atom stereocenters. The molecule has 2 unspecified atom stereocenters. The van der Waals surface area contributed by atoms with Crippen LogP contribution in [0.3, 0.4) is 0 Å². The van der Waals surface area contributed by atoms with E-state index in [-0.39, 0.29) is 0 Å². The Hall–Kier alpha value is 0. The first-order chi connectivity index (χ1) is 4.79. The minimum Gasteiger partial charge on any atom is -0.0683 e. The first-order valence-electron chi connectivity index (χ1n) is 4.62. The molecule has 0 aromatic heterocycles. The zero-order chi connectivity index (χ0) is 7.98. The summed E-state index contributed by atoms with van der Waals surface area (Å²) in [6, 6.07) is 0. The van der Waals surface area contributed by atoms with Crippen LogP contribution in [-0.4, -0.2) is 0 Å². The van der Waals surface area contributed by atoms with Gasteiger partial charge in [0.2, 0.25) is 0 Å². The van der Waals surface area contributed by atoms with Gasteiger partial charge in [-0.2, -0.15) is 0 Å².